The molecule has 2 atom stereocenters. The minimum absolute atomic E-state index is 0.00881. The van der Waals surface area contributed by atoms with Gasteiger partial charge in [-0.15, -0.1) is 0 Å². The third-order valence-corrected chi connectivity index (χ3v) is 6.03. The van der Waals surface area contributed by atoms with Crippen LogP contribution in [0.5, 0.6) is 0 Å². The summed E-state index contributed by atoms with van der Waals surface area (Å²) < 4.78 is 7.65. The molecule has 162 valence electrons. The number of aromatic nitrogens is 2. The number of nitrogens with zero attached hydrogens (tertiary/aromatic N) is 3. The van der Waals surface area contributed by atoms with Crippen molar-refractivity contribution in [2.45, 2.75) is 53.8 Å². The fourth-order valence-corrected chi connectivity index (χ4v) is 4.21. The second-order valence-corrected chi connectivity index (χ2v) is 8.88. The molecular weight excluding hydrogens is 386 g/mol. The van der Waals surface area contributed by atoms with Gasteiger partial charge in [-0.05, 0) is 82.0 Å². The van der Waals surface area contributed by atoms with Crippen molar-refractivity contribution in [1.29, 1.82) is 0 Å². The number of morpholine rings is 1. The van der Waals surface area contributed by atoms with Crippen LogP contribution in [0.25, 0.3) is 16.9 Å². The molecule has 1 aliphatic rings. The molecule has 1 aromatic heterocycles. The fraction of sp³-hybridized carbons (Fsp3) is 0.385. The number of carbonyl (C=O) groups excluding carboxylic acids is 1. The van der Waals surface area contributed by atoms with Crippen molar-refractivity contribution in [3.05, 3.63) is 70.4 Å². The lowest BCUT2D eigenvalue weighted by Crippen LogP contribution is -2.48. The van der Waals surface area contributed by atoms with E-state index < -0.39 is 0 Å². The highest BCUT2D eigenvalue weighted by Crippen LogP contribution is 2.27. The van der Waals surface area contributed by atoms with Crippen molar-refractivity contribution in [2.75, 3.05) is 13.1 Å². The van der Waals surface area contributed by atoms with Gasteiger partial charge in [0.2, 0.25) is 0 Å². The van der Waals surface area contributed by atoms with Gasteiger partial charge in [-0.25, -0.2) is 4.68 Å². The molecule has 0 aliphatic carbocycles. The molecule has 1 amide bonds. The van der Waals surface area contributed by atoms with E-state index in [0.29, 0.717) is 18.8 Å². The zero-order valence-corrected chi connectivity index (χ0v) is 19.3. The molecule has 0 radical (unpaired) electrons. The van der Waals surface area contributed by atoms with Crippen LogP contribution >= 0.6 is 0 Å². The molecular formula is C26H31N3O2. The first-order valence-electron chi connectivity index (χ1n) is 10.9. The standard InChI is InChI=1S/C26H31N3O2/c1-16-7-8-18(3)24(11-16)29-25(26(30)28-14-20(5)31-21(6)15-28)13-23(27-29)22-10-9-17(2)19(4)12-22/h7-13,20-21H,14-15H2,1-6H3. The fourth-order valence-electron chi connectivity index (χ4n) is 4.21. The number of hydrogen-bond acceptors (Lipinski definition) is 3. The summed E-state index contributed by atoms with van der Waals surface area (Å²) in [7, 11) is 0. The van der Waals surface area contributed by atoms with Crippen LogP contribution in [0, 0.1) is 27.7 Å². The first-order chi connectivity index (χ1) is 14.7. The van der Waals surface area contributed by atoms with E-state index in [-0.39, 0.29) is 18.1 Å². The van der Waals surface area contributed by atoms with Crippen LogP contribution in [0.4, 0.5) is 0 Å². The Bertz CT molecular complexity index is 1120. The maximum absolute atomic E-state index is 13.7. The molecule has 5 heteroatoms. The highest BCUT2D eigenvalue weighted by Gasteiger charge is 2.29. The van der Waals surface area contributed by atoms with Crippen molar-refractivity contribution in [2.24, 2.45) is 0 Å². The summed E-state index contributed by atoms with van der Waals surface area (Å²) in [5, 5.41) is 4.92. The van der Waals surface area contributed by atoms with E-state index in [9.17, 15) is 4.79 Å². The maximum Gasteiger partial charge on any atom is 0.272 e. The van der Waals surface area contributed by atoms with Crippen molar-refractivity contribution < 1.29 is 9.53 Å². The maximum atomic E-state index is 13.7. The van der Waals surface area contributed by atoms with Crippen LogP contribution in [0.2, 0.25) is 0 Å². The Morgan fingerprint density at radius 2 is 1.58 bits per heavy atom. The molecule has 1 aliphatic heterocycles. The summed E-state index contributed by atoms with van der Waals surface area (Å²) in [4.78, 5) is 15.5. The second-order valence-electron chi connectivity index (χ2n) is 8.88. The molecule has 3 aromatic rings. The van der Waals surface area contributed by atoms with E-state index in [1.807, 2.05) is 29.5 Å². The molecule has 0 saturated carbocycles. The Morgan fingerprint density at radius 1 is 0.903 bits per heavy atom. The Morgan fingerprint density at radius 3 is 2.26 bits per heavy atom. The van der Waals surface area contributed by atoms with E-state index in [0.717, 1.165) is 28.1 Å². The minimum atomic E-state index is -0.00881. The zero-order valence-electron chi connectivity index (χ0n) is 19.3. The highest BCUT2D eigenvalue weighted by molar-refractivity contribution is 5.94. The number of rotatable bonds is 3. The number of carbonyl (C=O) groups is 1. The van der Waals surface area contributed by atoms with Gasteiger partial charge in [0.25, 0.3) is 5.91 Å². The number of aryl methyl sites for hydroxylation is 4. The Labute approximate surface area is 184 Å². The molecule has 0 spiro atoms. The van der Waals surface area contributed by atoms with Crippen LogP contribution in [-0.4, -0.2) is 45.9 Å². The monoisotopic (exact) mass is 417 g/mol. The molecule has 4 rings (SSSR count). The molecule has 0 bridgehead atoms. The SMILES string of the molecule is Cc1ccc(C)c(-n2nc(-c3ccc(C)c(C)c3)cc2C(=O)N2CC(C)OC(C)C2)c1. The number of ether oxygens (including phenoxy) is 1. The van der Waals surface area contributed by atoms with E-state index >= 15 is 0 Å². The third kappa shape index (κ3) is 4.28. The molecule has 2 aromatic carbocycles. The predicted molar refractivity (Wildman–Crippen MR) is 124 cm³/mol. The van der Waals surface area contributed by atoms with E-state index in [1.54, 1.807) is 0 Å². The first kappa shape index (κ1) is 21.3. The van der Waals surface area contributed by atoms with Gasteiger partial charge in [0.05, 0.1) is 23.6 Å². The lowest BCUT2D eigenvalue weighted by atomic mass is 10.0. The largest absolute Gasteiger partial charge is 0.372 e. The summed E-state index contributed by atoms with van der Waals surface area (Å²) in [6.45, 7) is 13.5. The van der Waals surface area contributed by atoms with Crippen molar-refractivity contribution in [3.63, 3.8) is 0 Å². The van der Waals surface area contributed by atoms with Gasteiger partial charge in [0.15, 0.2) is 0 Å². The third-order valence-electron chi connectivity index (χ3n) is 6.03. The normalized spacial score (nSPS) is 19.0. The molecule has 2 unspecified atom stereocenters. The smallest absolute Gasteiger partial charge is 0.272 e. The van der Waals surface area contributed by atoms with E-state index in [4.69, 9.17) is 9.84 Å². The zero-order chi connectivity index (χ0) is 22.3. The van der Waals surface area contributed by atoms with Crippen LogP contribution in [0.3, 0.4) is 0 Å². The van der Waals surface area contributed by atoms with Crippen molar-refractivity contribution in [3.8, 4) is 16.9 Å². The van der Waals surface area contributed by atoms with Crippen LogP contribution in [0.1, 0.15) is 46.6 Å². The van der Waals surface area contributed by atoms with Gasteiger partial charge >= 0.3 is 0 Å². The Hall–Kier alpha value is -2.92. The summed E-state index contributed by atoms with van der Waals surface area (Å²) in [6.07, 6.45) is 0.0352. The first-order valence-corrected chi connectivity index (χ1v) is 10.9. The molecule has 2 heterocycles. The summed E-state index contributed by atoms with van der Waals surface area (Å²) in [6, 6.07) is 14.5. The van der Waals surface area contributed by atoms with Gasteiger partial charge in [0.1, 0.15) is 5.69 Å². The molecule has 5 nitrogen and oxygen atoms in total. The van der Waals surface area contributed by atoms with Crippen molar-refractivity contribution >= 4 is 5.91 Å². The summed E-state index contributed by atoms with van der Waals surface area (Å²) in [5.41, 5.74) is 8.02. The Kier molecular flexibility index (Phi) is 5.71. The molecule has 31 heavy (non-hydrogen) atoms. The highest BCUT2D eigenvalue weighted by atomic mass is 16.5. The average molecular weight is 418 g/mol. The molecule has 1 saturated heterocycles. The van der Waals surface area contributed by atoms with Gasteiger partial charge in [-0.2, -0.15) is 5.10 Å². The summed E-state index contributed by atoms with van der Waals surface area (Å²) >= 11 is 0. The molecule has 0 N–H and O–H groups in total. The predicted octanol–water partition coefficient (Wildman–Crippen LogP) is 5.02. The minimum Gasteiger partial charge on any atom is -0.372 e. The summed E-state index contributed by atoms with van der Waals surface area (Å²) in [5.74, 6) is -0.00881. The average Bonchev–Trinajstić information content (AvgIpc) is 3.15. The quantitative estimate of drug-likeness (QED) is 0.601. The van der Waals surface area contributed by atoms with Gasteiger partial charge < -0.3 is 9.64 Å². The van der Waals surface area contributed by atoms with Crippen LogP contribution < -0.4 is 0 Å². The Balaban J connectivity index is 1.84. The topological polar surface area (TPSA) is 47.4 Å². The second kappa shape index (κ2) is 8.31. The van der Waals surface area contributed by atoms with E-state index in [2.05, 4.69) is 64.1 Å². The van der Waals surface area contributed by atoms with Crippen LogP contribution in [0.15, 0.2) is 42.5 Å². The lowest BCUT2D eigenvalue weighted by Gasteiger charge is -2.35. The number of benzene rings is 2. The number of hydrogen-bond donors (Lipinski definition) is 0. The van der Waals surface area contributed by atoms with Gasteiger partial charge in [-0.3, -0.25) is 4.79 Å². The van der Waals surface area contributed by atoms with Gasteiger partial charge in [-0.1, -0.05) is 24.3 Å². The van der Waals surface area contributed by atoms with Crippen LogP contribution in [-0.2, 0) is 4.74 Å². The number of amides is 1. The van der Waals surface area contributed by atoms with Gasteiger partial charge in [0, 0.05) is 18.7 Å². The lowest BCUT2D eigenvalue weighted by molar-refractivity contribution is -0.0588. The van der Waals surface area contributed by atoms with E-state index in [1.165, 1.54) is 11.1 Å². The molecule has 1 fully saturated rings. The van der Waals surface area contributed by atoms with Crippen molar-refractivity contribution in [1.82, 2.24) is 14.7 Å².